The van der Waals surface area contributed by atoms with Gasteiger partial charge in [0.2, 0.25) is 0 Å². The van der Waals surface area contributed by atoms with Gasteiger partial charge in [-0.1, -0.05) is 73.7 Å². The van der Waals surface area contributed by atoms with Gasteiger partial charge in [0.25, 0.3) is 0 Å². The third-order valence-electron chi connectivity index (χ3n) is 8.37. The van der Waals surface area contributed by atoms with Crippen molar-refractivity contribution in [2.24, 2.45) is 5.41 Å². The molecule has 0 aliphatic rings. The fourth-order valence-corrected chi connectivity index (χ4v) is 6.29. The Hall–Kier alpha value is -5.09. The summed E-state index contributed by atoms with van der Waals surface area (Å²) in [6.45, 7) is 7.79. The predicted molar refractivity (Wildman–Crippen MR) is 197 cm³/mol. The molecule has 1 radical (unpaired) electrons. The normalized spacial score (nSPS) is 12.5. The van der Waals surface area contributed by atoms with E-state index in [1.807, 2.05) is 81.4 Å². The summed E-state index contributed by atoms with van der Waals surface area (Å²) in [5.74, 6) is 0. The summed E-state index contributed by atoms with van der Waals surface area (Å²) in [5.41, 5.74) is 7.78. The van der Waals surface area contributed by atoms with Crippen LogP contribution in [0.2, 0.25) is 0 Å². The Balaban J connectivity index is 0.000000265. The minimum atomic E-state index is -1.53. The number of hydrogen-bond donors (Lipinski definition) is 0. The molecule has 4 heterocycles. The van der Waals surface area contributed by atoms with Crippen LogP contribution in [0.4, 0.5) is 0 Å². The summed E-state index contributed by atoms with van der Waals surface area (Å²) in [4.78, 5) is 8.80. The molecule has 9 aromatic rings. The Bertz CT molecular complexity index is 2640. The van der Waals surface area contributed by atoms with Gasteiger partial charge >= 0.3 is 0 Å². The molecule has 4 nitrogen and oxygen atoms in total. The molecule has 0 spiro atoms. The second-order valence-electron chi connectivity index (χ2n) is 13.1. The predicted octanol–water partition coefficient (Wildman–Crippen LogP) is 11.9. The van der Waals surface area contributed by atoms with E-state index < -0.39 is 11.8 Å². The topological polar surface area (TPSA) is 52.1 Å². The maximum Gasteiger partial charge on any atom is 0.143 e. The molecule has 0 saturated carbocycles. The van der Waals surface area contributed by atoms with Crippen LogP contribution in [0.1, 0.15) is 34.6 Å². The van der Waals surface area contributed by atoms with Crippen LogP contribution in [0.15, 0.2) is 130 Å². The number of aromatic nitrogens is 2. The molecule has 0 unspecified atom stereocenters. The van der Waals surface area contributed by atoms with Gasteiger partial charge in [0.1, 0.15) is 16.7 Å². The monoisotopic (exact) mass is 817 g/mol. The van der Waals surface area contributed by atoms with Gasteiger partial charge in [-0.25, -0.2) is 0 Å². The molecule has 9 rings (SSSR count). The molecule has 0 bridgehead atoms. The van der Waals surface area contributed by atoms with Gasteiger partial charge in [-0.2, -0.15) is 0 Å². The van der Waals surface area contributed by atoms with E-state index in [2.05, 4.69) is 71.5 Å². The van der Waals surface area contributed by atoms with Crippen LogP contribution in [0.5, 0.6) is 0 Å². The minimum Gasteiger partial charge on any atom is -0.500 e. The molecule has 4 aromatic heterocycles. The van der Waals surface area contributed by atoms with E-state index >= 15 is 0 Å². The number of nitrogens with zero attached hydrogens (tertiary/aromatic N) is 2. The van der Waals surface area contributed by atoms with E-state index in [0.29, 0.717) is 16.8 Å². The van der Waals surface area contributed by atoms with Crippen molar-refractivity contribution in [1.82, 2.24) is 9.97 Å². The Morgan fingerprint density at radius 1 is 0.633 bits per heavy atom. The summed E-state index contributed by atoms with van der Waals surface area (Å²) in [5, 5.41) is 6.17. The van der Waals surface area contributed by atoms with Crippen molar-refractivity contribution in [3.05, 3.63) is 145 Å². The van der Waals surface area contributed by atoms with Crippen molar-refractivity contribution in [1.29, 1.82) is 0 Å². The number of aryl methyl sites for hydroxylation is 1. The molecule has 49 heavy (non-hydrogen) atoms. The van der Waals surface area contributed by atoms with E-state index in [1.165, 1.54) is 0 Å². The molecule has 0 atom stereocenters. The number of pyridine rings is 2. The van der Waals surface area contributed by atoms with Crippen LogP contribution in [0.3, 0.4) is 0 Å². The van der Waals surface area contributed by atoms with Crippen molar-refractivity contribution < 1.29 is 31.7 Å². The summed E-state index contributed by atoms with van der Waals surface area (Å²) in [6.07, 6.45) is 1.92. The quantitative estimate of drug-likeness (QED) is 0.167. The van der Waals surface area contributed by atoms with Gasteiger partial charge in [0.05, 0.1) is 5.58 Å². The number of fused-ring (bicyclic) bond motifs is 9. The smallest absolute Gasteiger partial charge is 0.143 e. The number of benzene rings is 5. The summed E-state index contributed by atoms with van der Waals surface area (Å²) in [6, 6.07) is 42.3. The van der Waals surface area contributed by atoms with Crippen molar-refractivity contribution in [2.75, 3.05) is 0 Å². The molecule has 0 N–H and O–H groups in total. The largest absolute Gasteiger partial charge is 0.500 e. The minimum absolute atomic E-state index is 0. The zero-order chi connectivity index (χ0) is 34.6. The molecule has 5 aromatic carbocycles. The Labute approximate surface area is 302 Å². The Kier molecular flexibility index (Phi) is 8.01. The summed E-state index contributed by atoms with van der Waals surface area (Å²) < 4.78 is 30.4. The second kappa shape index (κ2) is 13.1. The van der Waals surface area contributed by atoms with Gasteiger partial charge in [-0.15, -0.1) is 54.1 Å². The van der Waals surface area contributed by atoms with Crippen LogP contribution < -0.4 is 0 Å². The van der Waals surface area contributed by atoms with E-state index in [1.54, 1.807) is 18.5 Å². The Morgan fingerprint density at radius 2 is 1.31 bits per heavy atom. The standard InChI is InChI=1S/C33H26NO2.C11H8N.Ir/c1-19-8-9-21-23-10-11-26-25(30(23)35-29(21)16-19)13-12-24-22-6-5-7-27(32(22)36-31(24)26)28-17-20(14-15-34-28)18-33(2,3)4;1-2-6-10(7-3-1)11-8-4-5-9-12-11;/h5-6,8-17H,18H2,1-4H3;1-6,8-9H;/q2*-1;/i18D2;;. The van der Waals surface area contributed by atoms with E-state index in [9.17, 15) is 0 Å². The Morgan fingerprint density at radius 3 is 2.00 bits per heavy atom. The maximum atomic E-state index is 8.73. The molecule has 243 valence electrons. The molecular weight excluding hydrogens is 781 g/mol. The first kappa shape index (κ1) is 30.0. The van der Waals surface area contributed by atoms with Gasteiger partial charge in [-0.05, 0) is 72.1 Å². The summed E-state index contributed by atoms with van der Waals surface area (Å²) in [7, 11) is 0. The van der Waals surface area contributed by atoms with Crippen molar-refractivity contribution in [3.8, 4) is 22.5 Å². The summed E-state index contributed by atoms with van der Waals surface area (Å²) >= 11 is 0. The fourth-order valence-electron chi connectivity index (χ4n) is 6.29. The van der Waals surface area contributed by atoms with Crippen LogP contribution in [0.25, 0.3) is 77.2 Å². The van der Waals surface area contributed by atoms with Gasteiger partial charge in [-0.3, -0.25) is 0 Å². The third-order valence-corrected chi connectivity index (χ3v) is 8.37. The first-order chi connectivity index (χ1) is 24.1. The number of furan rings is 2. The molecule has 5 heteroatoms. The molecular formula is C44H34IrN2O2-2. The van der Waals surface area contributed by atoms with E-state index in [-0.39, 0.29) is 20.1 Å². The van der Waals surface area contributed by atoms with Crippen molar-refractivity contribution >= 4 is 54.6 Å². The van der Waals surface area contributed by atoms with E-state index in [4.69, 9.17) is 11.6 Å². The van der Waals surface area contributed by atoms with E-state index in [0.717, 1.165) is 71.5 Å². The number of rotatable bonds is 3. The average molecular weight is 817 g/mol. The third kappa shape index (κ3) is 6.28. The zero-order valence-corrected chi connectivity index (χ0v) is 30.0. The van der Waals surface area contributed by atoms with Crippen LogP contribution in [-0.4, -0.2) is 9.97 Å². The van der Waals surface area contributed by atoms with Crippen molar-refractivity contribution in [2.45, 2.75) is 34.1 Å². The van der Waals surface area contributed by atoms with Crippen LogP contribution in [0, 0.1) is 24.5 Å². The SMILES string of the molecule is [2H]C([2H])(c1ccnc(-c2[c-]ccc3c2oc2c3ccc3c2ccc2c4ccc(C)cc4oc23)c1)C(C)(C)C.[Ir].[c-]1ccccc1-c1ccccn1. The van der Waals surface area contributed by atoms with Gasteiger partial charge in [0.15, 0.2) is 0 Å². The maximum absolute atomic E-state index is 8.73. The molecule has 0 aliphatic carbocycles. The first-order valence-electron chi connectivity index (χ1n) is 17.1. The fraction of sp³-hybridized carbons (Fsp3) is 0.136. The van der Waals surface area contributed by atoms with Gasteiger partial charge in [0, 0.05) is 62.2 Å². The average Bonchev–Trinajstić information content (AvgIpc) is 3.70. The molecule has 0 fully saturated rings. The molecule has 0 aliphatic heterocycles. The van der Waals surface area contributed by atoms with Gasteiger partial charge < -0.3 is 18.8 Å². The second-order valence-corrected chi connectivity index (χ2v) is 13.1. The van der Waals surface area contributed by atoms with Crippen LogP contribution in [-0.2, 0) is 26.5 Å². The molecule has 0 saturated heterocycles. The first-order valence-corrected chi connectivity index (χ1v) is 16.1. The molecule has 0 amide bonds. The zero-order valence-electron chi connectivity index (χ0n) is 29.6. The van der Waals surface area contributed by atoms with Crippen molar-refractivity contribution in [3.63, 3.8) is 0 Å². The van der Waals surface area contributed by atoms with Crippen LogP contribution >= 0.6 is 0 Å². The number of hydrogen-bond acceptors (Lipinski definition) is 4.